The molecule has 12 heavy (non-hydrogen) atoms. The van der Waals surface area contributed by atoms with Gasteiger partial charge in [-0.1, -0.05) is 32.6 Å². The number of carbonyl (C=O) groups excluding carboxylic acids is 2. The van der Waals surface area contributed by atoms with Crippen LogP contribution in [0.15, 0.2) is 0 Å². The van der Waals surface area contributed by atoms with Gasteiger partial charge in [0.1, 0.15) is 5.78 Å². The van der Waals surface area contributed by atoms with Crippen molar-refractivity contribution in [1.82, 2.24) is 0 Å². The number of unbranched alkanes of at least 4 members (excludes halogenated alkanes) is 4. The van der Waals surface area contributed by atoms with E-state index in [1.54, 1.807) is 6.29 Å². The molecule has 0 aliphatic heterocycles. The maximum Gasteiger partial charge on any atom is 0.206 e. The average molecular weight is 169 g/mol. The summed E-state index contributed by atoms with van der Waals surface area (Å²) in [6.45, 7) is 2.16. The van der Waals surface area contributed by atoms with E-state index >= 15 is 0 Å². The summed E-state index contributed by atoms with van der Waals surface area (Å²) in [6.07, 6.45) is 7.86. The summed E-state index contributed by atoms with van der Waals surface area (Å²) in [4.78, 5) is 20.6. The normalized spacial score (nSPS) is 9.75. The average Bonchev–Trinajstić information content (AvgIpc) is 2.05. The van der Waals surface area contributed by atoms with Crippen molar-refractivity contribution < 1.29 is 9.59 Å². The highest BCUT2D eigenvalue weighted by Crippen LogP contribution is 2.05. The van der Waals surface area contributed by atoms with Gasteiger partial charge >= 0.3 is 0 Å². The van der Waals surface area contributed by atoms with Gasteiger partial charge in [0.15, 0.2) is 0 Å². The first-order valence-electron chi connectivity index (χ1n) is 4.68. The van der Waals surface area contributed by atoms with E-state index in [2.05, 4.69) is 6.92 Å². The van der Waals surface area contributed by atoms with Crippen LogP contribution in [0, 0.1) is 0 Å². The Morgan fingerprint density at radius 3 is 2.42 bits per heavy atom. The third-order valence-corrected chi connectivity index (χ3v) is 1.83. The van der Waals surface area contributed by atoms with Crippen molar-refractivity contribution in [3.05, 3.63) is 0 Å². The molecule has 0 amide bonds. The lowest BCUT2D eigenvalue weighted by molar-refractivity contribution is -0.118. The first-order valence-corrected chi connectivity index (χ1v) is 4.68. The fourth-order valence-electron chi connectivity index (χ4n) is 1.09. The van der Waals surface area contributed by atoms with E-state index < -0.39 is 0 Å². The van der Waals surface area contributed by atoms with Gasteiger partial charge in [-0.05, 0) is 6.42 Å². The van der Waals surface area contributed by atoms with Crippen molar-refractivity contribution >= 4 is 12.1 Å². The molecule has 0 atom stereocenters. The molecule has 0 rings (SSSR count). The number of hydrogen-bond donors (Lipinski definition) is 0. The molecule has 0 heterocycles. The molecule has 0 unspecified atom stereocenters. The first-order chi connectivity index (χ1) is 5.81. The maximum atomic E-state index is 10.8. The van der Waals surface area contributed by atoms with Crippen LogP contribution in [0.4, 0.5) is 0 Å². The summed E-state index contributed by atoms with van der Waals surface area (Å²) in [5.41, 5.74) is 0. The Labute approximate surface area is 74.3 Å². The number of carbonyl (C=O) groups is 1. The van der Waals surface area contributed by atoms with Gasteiger partial charge in [0.2, 0.25) is 6.29 Å². The van der Waals surface area contributed by atoms with Crippen LogP contribution < -0.4 is 0 Å². The van der Waals surface area contributed by atoms with Crippen LogP contribution in [-0.4, -0.2) is 12.1 Å². The Morgan fingerprint density at radius 2 is 1.83 bits per heavy atom. The third-order valence-electron chi connectivity index (χ3n) is 1.83. The molecule has 0 saturated heterocycles. The van der Waals surface area contributed by atoms with Crippen LogP contribution in [0.3, 0.4) is 0 Å². The second-order valence-electron chi connectivity index (χ2n) is 3.02. The van der Waals surface area contributed by atoms with Gasteiger partial charge in [0.05, 0.1) is 6.42 Å². The molecule has 0 aliphatic carbocycles. The Hall–Kier alpha value is -0.660. The summed E-state index contributed by atoms with van der Waals surface area (Å²) in [6, 6.07) is 0. The maximum absolute atomic E-state index is 10.8. The van der Waals surface area contributed by atoms with Gasteiger partial charge in [-0.2, -0.15) is 0 Å². The molecule has 0 aromatic rings. The predicted octanol–water partition coefficient (Wildman–Crippen LogP) is 2.42. The number of ketones is 1. The zero-order valence-electron chi connectivity index (χ0n) is 7.77. The number of Topliss-reactive ketones (excluding diaryl/α,β-unsaturated/α-hetero) is 1. The topological polar surface area (TPSA) is 34.1 Å². The van der Waals surface area contributed by atoms with E-state index in [4.69, 9.17) is 0 Å². The predicted molar refractivity (Wildman–Crippen MR) is 48.7 cm³/mol. The molecule has 0 fully saturated rings. The second kappa shape index (κ2) is 8.44. The Balaban J connectivity index is 3.08. The SMILES string of the molecule is CCCCCCCC(=O)C[C]=O. The molecule has 0 aliphatic rings. The van der Waals surface area contributed by atoms with Crippen LogP contribution in [0.25, 0.3) is 0 Å². The van der Waals surface area contributed by atoms with Crippen molar-refractivity contribution in [3.8, 4) is 0 Å². The lowest BCUT2D eigenvalue weighted by atomic mass is 10.1. The Bertz CT molecular complexity index is 130. The molecule has 0 spiro atoms. The van der Waals surface area contributed by atoms with Gasteiger partial charge < -0.3 is 0 Å². The molecule has 0 bridgehead atoms. The smallest absolute Gasteiger partial charge is 0.206 e. The zero-order chi connectivity index (χ0) is 9.23. The van der Waals surface area contributed by atoms with Gasteiger partial charge in [-0.3, -0.25) is 9.59 Å². The highest BCUT2D eigenvalue weighted by atomic mass is 16.1. The largest absolute Gasteiger partial charge is 0.299 e. The van der Waals surface area contributed by atoms with Crippen LogP contribution in [-0.2, 0) is 9.59 Å². The van der Waals surface area contributed by atoms with Crippen LogP contribution in [0.1, 0.15) is 51.9 Å². The number of rotatable bonds is 8. The quantitative estimate of drug-likeness (QED) is 0.413. The van der Waals surface area contributed by atoms with E-state index in [1.807, 2.05) is 0 Å². The van der Waals surface area contributed by atoms with Crippen molar-refractivity contribution in [2.75, 3.05) is 0 Å². The fraction of sp³-hybridized carbons (Fsp3) is 0.800. The second-order valence-corrected chi connectivity index (χ2v) is 3.02. The van der Waals surface area contributed by atoms with Crippen LogP contribution in [0.5, 0.6) is 0 Å². The lowest BCUT2D eigenvalue weighted by Crippen LogP contribution is -1.97. The molecule has 69 valence electrons. The highest BCUT2D eigenvalue weighted by molar-refractivity contribution is 5.89. The standard InChI is InChI=1S/C10H17O2/c1-2-3-4-5-6-7-10(12)8-9-11/h2-8H2,1H3. The molecule has 0 saturated carbocycles. The van der Waals surface area contributed by atoms with Crippen molar-refractivity contribution in [1.29, 1.82) is 0 Å². The highest BCUT2D eigenvalue weighted by Gasteiger charge is 1.99. The van der Waals surface area contributed by atoms with Crippen LogP contribution >= 0.6 is 0 Å². The first kappa shape index (κ1) is 11.3. The minimum absolute atomic E-state index is 0.0201. The van der Waals surface area contributed by atoms with Gasteiger partial charge in [-0.15, -0.1) is 0 Å². The molecule has 0 N–H and O–H groups in total. The van der Waals surface area contributed by atoms with E-state index in [1.165, 1.54) is 19.3 Å². The Morgan fingerprint density at radius 1 is 1.17 bits per heavy atom. The number of hydrogen-bond acceptors (Lipinski definition) is 2. The molecule has 2 nitrogen and oxygen atoms in total. The molecule has 0 aromatic heterocycles. The van der Waals surface area contributed by atoms with Crippen LogP contribution in [0.2, 0.25) is 0 Å². The summed E-state index contributed by atoms with van der Waals surface area (Å²) < 4.78 is 0. The molecular weight excluding hydrogens is 152 g/mol. The molecule has 0 aromatic carbocycles. The summed E-state index contributed by atoms with van der Waals surface area (Å²) >= 11 is 0. The molecule has 1 radical (unpaired) electrons. The fourth-order valence-corrected chi connectivity index (χ4v) is 1.09. The molecular formula is C10H17O2. The van der Waals surface area contributed by atoms with E-state index in [9.17, 15) is 9.59 Å². The zero-order valence-corrected chi connectivity index (χ0v) is 7.77. The minimum atomic E-state index is -0.0201. The summed E-state index contributed by atoms with van der Waals surface area (Å²) in [5, 5.41) is 0. The van der Waals surface area contributed by atoms with Gasteiger partial charge in [0, 0.05) is 6.42 Å². The summed E-state index contributed by atoms with van der Waals surface area (Å²) in [5.74, 6) is 0.0292. The Kier molecular flexibility index (Phi) is 7.97. The van der Waals surface area contributed by atoms with Gasteiger partial charge in [0.25, 0.3) is 0 Å². The molecule has 2 heteroatoms. The van der Waals surface area contributed by atoms with Crippen molar-refractivity contribution in [2.45, 2.75) is 51.9 Å². The third kappa shape index (κ3) is 7.45. The monoisotopic (exact) mass is 169 g/mol. The minimum Gasteiger partial charge on any atom is -0.299 e. The van der Waals surface area contributed by atoms with E-state index in [-0.39, 0.29) is 12.2 Å². The van der Waals surface area contributed by atoms with Crippen molar-refractivity contribution in [3.63, 3.8) is 0 Å². The summed E-state index contributed by atoms with van der Waals surface area (Å²) in [7, 11) is 0. The lowest BCUT2D eigenvalue weighted by Gasteiger charge is -1.97. The van der Waals surface area contributed by atoms with E-state index in [0.717, 1.165) is 12.8 Å². The van der Waals surface area contributed by atoms with Crippen molar-refractivity contribution in [2.24, 2.45) is 0 Å². The van der Waals surface area contributed by atoms with Gasteiger partial charge in [-0.25, -0.2) is 0 Å². The van der Waals surface area contributed by atoms with E-state index in [0.29, 0.717) is 6.42 Å².